The Labute approximate surface area is 674 Å². The van der Waals surface area contributed by atoms with Gasteiger partial charge in [-0.25, -0.2) is 0 Å². The summed E-state index contributed by atoms with van der Waals surface area (Å²) in [6, 6.07) is 167. The molecule has 0 aliphatic heterocycles. The van der Waals surface area contributed by atoms with Gasteiger partial charge in [-0.15, -0.1) is 0 Å². The van der Waals surface area contributed by atoms with E-state index in [1.54, 1.807) is 0 Å². The molecule has 2 heterocycles. The second-order valence-electron chi connectivity index (χ2n) is 30.0. The summed E-state index contributed by atoms with van der Waals surface area (Å²) in [6.07, 6.45) is 0. The lowest BCUT2D eigenvalue weighted by atomic mass is 9.98. The second-order valence-corrected chi connectivity index (χ2v) is 30.0. The maximum Gasteiger partial charge on any atom is 0.0541 e. The van der Waals surface area contributed by atoms with Crippen molar-refractivity contribution in [3.05, 3.63) is 461 Å². The van der Waals surface area contributed by atoms with Gasteiger partial charge in [0.15, 0.2) is 0 Å². The van der Waals surface area contributed by atoms with Gasteiger partial charge in [0, 0.05) is 67.0 Å². The zero-order chi connectivity index (χ0) is 76.8. The summed E-state index contributed by atoms with van der Waals surface area (Å²) in [6.45, 7) is 0. The highest BCUT2D eigenvalue weighted by Gasteiger charge is 2.20. The third kappa shape index (κ3) is 12.9. The Balaban J connectivity index is 0.000000145. The number of hydrogen-bond donors (Lipinski definition) is 0. The van der Waals surface area contributed by atoms with Gasteiger partial charge in [-0.2, -0.15) is 0 Å². The summed E-state index contributed by atoms with van der Waals surface area (Å²) in [4.78, 5) is 4.71. The SMILES string of the molecule is c1cc(-c2ccc(N(c3ccc(-c4ccc5ccccc5c4)cc3)c3ccc(-c4ccc5ccccc5c4)cc3)cc2)cc(-n2c3ccccc3c3ccccc32)c1.c1cc(-c2ccc(N(c3ccc(-c4ccc5ccccc5c4)cc3)c3ccc(-c4cccc5ccccc45)cc3)cc2)cc(-n2c3ccccc3c3ccccc32)c1. The van der Waals surface area contributed by atoms with E-state index in [0.717, 1.165) is 45.5 Å². The molecule has 0 fully saturated rings. The van der Waals surface area contributed by atoms with E-state index >= 15 is 0 Å². The van der Waals surface area contributed by atoms with Crippen molar-refractivity contribution >= 4 is 121 Å². The highest BCUT2D eigenvalue weighted by atomic mass is 15.1. The van der Waals surface area contributed by atoms with E-state index in [4.69, 9.17) is 0 Å². The van der Waals surface area contributed by atoms with E-state index in [2.05, 4.69) is 480 Å². The summed E-state index contributed by atoms with van der Waals surface area (Å²) < 4.78 is 4.77. The van der Waals surface area contributed by atoms with E-state index in [9.17, 15) is 0 Å². The third-order valence-electron chi connectivity index (χ3n) is 23.1. The van der Waals surface area contributed by atoms with Gasteiger partial charge < -0.3 is 18.9 Å². The molecule has 22 rings (SSSR count). The van der Waals surface area contributed by atoms with Gasteiger partial charge in [-0.3, -0.25) is 0 Å². The normalized spacial score (nSPS) is 11.4. The predicted octanol–water partition coefficient (Wildman–Crippen LogP) is 31.1. The van der Waals surface area contributed by atoms with Crippen LogP contribution in [0.3, 0.4) is 0 Å². The molecule has 0 saturated heterocycles. The first-order valence-corrected chi connectivity index (χ1v) is 39.8. The van der Waals surface area contributed by atoms with Crippen molar-refractivity contribution in [2.75, 3.05) is 9.80 Å². The van der Waals surface area contributed by atoms with Crippen LogP contribution in [0.1, 0.15) is 0 Å². The number of hydrogen-bond acceptors (Lipinski definition) is 2. The van der Waals surface area contributed by atoms with Gasteiger partial charge >= 0.3 is 0 Å². The standard InChI is InChI=1S/2C56H38N2/c1-3-12-44-36-47(22-20-39(44)10-1)42-26-32-50(33-27-42)57(51-34-28-43(29-35-51)48-23-21-40-11-2-4-13-45(40)37-48)49-30-24-41(25-31-49)46-14-9-15-52(38-46)58-55-18-7-5-16-53(55)54-17-6-8-19-56(54)58;1-2-13-44-37-46(24-23-39(44)11-1)41-27-33-48(34-28-41)57(49-35-29-43(30-36-49)52-20-10-14-42-12-3-4-17-51(42)52)47-31-25-40(26-32-47)45-15-9-16-50(38-45)58-55-21-7-5-18-53(55)54-19-6-8-22-56(54)58/h2*1-38H. The lowest BCUT2D eigenvalue weighted by molar-refractivity contribution is 1.18. The molecular weight excluding hydrogens is 1400 g/mol. The zero-order valence-corrected chi connectivity index (χ0v) is 63.7. The van der Waals surface area contributed by atoms with Crippen LogP contribution < -0.4 is 9.80 Å². The topological polar surface area (TPSA) is 16.3 Å². The minimum Gasteiger partial charge on any atom is -0.311 e. The van der Waals surface area contributed by atoms with Crippen molar-refractivity contribution in [3.8, 4) is 78.1 Å². The number of fused-ring (bicyclic) bond motifs is 10. The Morgan fingerprint density at radius 2 is 0.371 bits per heavy atom. The molecule has 0 aliphatic rings. The van der Waals surface area contributed by atoms with Gasteiger partial charge in [-0.05, 0) is 249 Å². The Kier molecular flexibility index (Phi) is 17.6. The number of rotatable bonds is 14. The predicted molar refractivity (Wildman–Crippen MR) is 494 cm³/mol. The maximum atomic E-state index is 2.38. The Bertz CT molecular complexity index is 7180. The van der Waals surface area contributed by atoms with E-state index in [1.807, 2.05) is 0 Å². The summed E-state index contributed by atoms with van der Waals surface area (Å²) in [5.41, 5.74) is 28.1. The smallest absolute Gasteiger partial charge is 0.0541 e. The van der Waals surface area contributed by atoms with Crippen molar-refractivity contribution in [3.63, 3.8) is 0 Å². The molecule has 22 aromatic rings. The maximum absolute atomic E-state index is 2.38. The van der Waals surface area contributed by atoms with Gasteiger partial charge in [0.2, 0.25) is 0 Å². The molecule has 4 nitrogen and oxygen atoms in total. The number of benzene rings is 20. The molecule has 0 saturated carbocycles. The van der Waals surface area contributed by atoms with Crippen molar-refractivity contribution < 1.29 is 0 Å². The van der Waals surface area contributed by atoms with E-state index in [0.29, 0.717) is 0 Å². The van der Waals surface area contributed by atoms with Gasteiger partial charge in [-0.1, -0.05) is 322 Å². The van der Waals surface area contributed by atoms with E-state index < -0.39 is 0 Å². The molecular formula is C112H76N4. The number of para-hydroxylation sites is 4. The van der Waals surface area contributed by atoms with Gasteiger partial charge in [0.05, 0.1) is 22.1 Å². The minimum atomic E-state index is 1.10. The first-order chi connectivity index (χ1) is 57.5. The molecule has 0 amide bonds. The van der Waals surface area contributed by atoms with Crippen LogP contribution in [0.15, 0.2) is 461 Å². The third-order valence-corrected chi connectivity index (χ3v) is 23.1. The monoisotopic (exact) mass is 1480 g/mol. The fraction of sp³-hybridized carbons (Fsp3) is 0. The Morgan fingerprint density at radius 3 is 0.690 bits per heavy atom. The lowest BCUT2D eigenvalue weighted by Gasteiger charge is -2.26. The first kappa shape index (κ1) is 68.7. The first-order valence-electron chi connectivity index (χ1n) is 39.8. The molecule has 4 heteroatoms. The fourth-order valence-electron chi connectivity index (χ4n) is 17.3. The highest BCUT2D eigenvalue weighted by molar-refractivity contribution is 6.11. The molecule has 0 spiro atoms. The Morgan fingerprint density at radius 1 is 0.138 bits per heavy atom. The molecule has 0 aliphatic carbocycles. The molecule has 0 N–H and O–H groups in total. The average molecular weight is 1480 g/mol. The van der Waals surface area contributed by atoms with Crippen LogP contribution in [0.4, 0.5) is 34.1 Å². The van der Waals surface area contributed by atoms with Crippen molar-refractivity contribution in [1.29, 1.82) is 0 Å². The minimum absolute atomic E-state index is 1.10. The van der Waals surface area contributed by atoms with Crippen molar-refractivity contribution in [1.82, 2.24) is 9.13 Å². The largest absolute Gasteiger partial charge is 0.311 e. The molecule has 0 radical (unpaired) electrons. The van der Waals surface area contributed by atoms with Crippen molar-refractivity contribution in [2.45, 2.75) is 0 Å². The van der Waals surface area contributed by atoms with Crippen LogP contribution in [0.2, 0.25) is 0 Å². The quantitative estimate of drug-likeness (QED) is 0.108. The number of aromatic nitrogens is 2. The van der Waals surface area contributed by atoms with E-state index in [-0.39, 0.29) is 0 Å². The summed E-state index contributed by atoms with van der Waals surface area (Å²) in [5.74, 6) is 0. The molecule has 544 valence electrons. The molecule has 0 unspecified atom stereocenters. The molecule has 0 bridgehead atoms. The summed E-state index contributed by atoms with van der Waals surface area (Å²) in [7, 11) is 0. The van der Waals surface area contributed by atoms with Crippen LogP contribution >= 0.6 is 0 Å². The average Bonchev–Trinajstić information content (AvgIpc) is 1.67. The van der Waals surface area contributed by atoms with Crippen LogP contribution in [-0.4, -0.2) is 9.13 Å². The van der Waals surface area contributed by atoms with Crippen LogP contribution in [0.25, 0.3) is 165 Å². The lowest BCUT2D eigenvalue weighted by Crippen LogP contribution is -2.09. The van der Waals surface area contributed by atoms with Crippen LogP contribution in [0, 0.1) is 0 Å². The summed E-state index contributed by atoms with van der Waals surface area (Å²) in [5, 5.41) is 15.1. The number of anilines is 6. The number of nitrogens with zero attached hydrogens (tertiary/aromatic N) is 4. The molecule has 20 aromatic carbocycles. The van der Waals surface area contributed by atoms with Crippen LogP contribution in [-0.2, 0) is 0 Å². The van der Waals surface area contributed by atoms with Crippen molar-refractivity contribution in [2.24, 2.45) is 0 Å². The highest BCUT2D eigenvalue weighted by Crippen LogP contribution is 2.44. The molecule has 0 atom stereocenters. The van der Waals surface area contributed by atoms with Gasteiger partial charge in [0.25, 0.3) is 0 Å². The second kappa shape index (κ2) is 29.7. The van der Waals surface area contributed by atoms with Gasteiger partial charge in [0.1, 0.15) is 0 Å². The molecule has 116 heavy (non-hydrogen) atoms. The van der Waals surface area contributed by atoms with Crippen LogP contribution in [0.5, 0.6) is 0 Å². The molecule has 2 aromatic heterocycles. The van der Waals surface area contributed by atoms with E-state index in [1.165, 1.54) is 153 Å². The Hall–Kier alpha value is -15.4. The zero-order valence-electron chi connectivity index (χ0n) is 63.7. The fourth-order valence-corrected chi connectivity index (χ4v) is 17.3. The summed E-state index contributed by atoms with van der Waals surface area (Å²) >= 11 is 0.